The van der Waals surface area contributed by atoms with Crippen LogP contribution < -0.4 is 10.6 Å². The van der Waals surface area contributed by atoms with Crippen molar-refractivity contribution >= 4 is 5.69 Å². The van der Waals surface area contributed by atoms with E-state index in [1.807, 2.05) is 12.2 Å². The minimum absolute atomic E-state index is 0.612. The molecule has 0 saturated heterocycles. The zero-order valence-electron chi connectivity index (χ0n) is 16.6. The molecule has 0 aliphatic heterocycles. The van der Waals surface area contributed by atoms with E-state index >= 15 is 0 Å². The highest BCUT2D eigenvalue weighted by Gasteiger charge is 2.17. The fraction of sp³-hybridized carbons (Fsp3) is 0.478. The van der Waals surface area contributed by atoms with Crippen LogP contribution >= 0.6 is 0 Å². The maximum Gasteiger partial charge on any atom is 0.0401 e. The third-order valence-corrected chi connectivity index (χ3v) is 5.33. The highest BCUT2D eigenvalue weighted by molar-refractivity contribution is 5.57. The SMILES string of the molecule is C=C/C=C(\C=C(/C)NC1CCC(C)CC1)Nc1cc(C)c(C)c(C)c1. The van der Waals surface area contributed by atoms with Crippen molar-refractivity contribution in [1.29, 1.82) is 0 Å². The van der Waals surface area contributed by atoms with Gasteiger partial charge in [0, 0.05) is 23.1 Å². The van der Waals surface area contributed by atoms with E-state index in [2.05, 4.69) is 70.0 Å². The second-order valence-corrected chi connectivity index (χ2v) is 7.65. The van der Waals surface area contributed by atoms with Crippen LogP contribution in [0.5, 0.6) is 0 Å². The number of hydrogen-bond acceptors (Lipinski definition) is 2. The van der Waals surface area contributed by atoms with E-state index in [-0.39, 0.29) is 0 Å². The first-order chi connectivity index (χ1) is 11.9. The molecule has 2 rings (SSSR count). The van der Waals surface area contributed by atoms with E-state index in [0.29, 0.717) is 6.04 Å². The van der Waals surface area contributed by atoms with Crippen LogP contribution in [0.15, 0.2) is 48.3 Å². The fourth-order valence-electron chi connectivity index (χ4n) is 3.53. The van der Waals surface area contributed by atoms with Gasteiger partial charge in [-0.1, -0.05) is 19.6 Å². The zero-order chi connectivity index (χ0) is 18.4. The topological polar surface area (TPSA) is 24.1 Å². The molecule has 0 spiro atoms. The highest BCUT2D eigenvalue weighted by atomic mass is 14.9. The van der Waals surface area contributed by atoms with Crippen molar-refractivity contribution in [1.82, 2.24) is 5.32 Å². The summed E-state index contributed by atoms with van der Waals surface area (Å²) in [6.07, 6.45) is 11.3. The van der Waals surface area contributed by atoms with Crippen molar-refractivity contribution in [2.24, 2.45) is 5.92 Å². The lowest BCUT2D eigenvalue weighted by atomic mass is 9.87. The van der Waals surface area contributed by atoms with Gasteiger partial charge in [-0.2, -0.15) is 0 Å². The number of allylic oxidation sites excluding steroid dienone is 4. The van der Waals surface area contributed by atoms with Gasteiger partial charge in [-0.15, -0.1) is 0 Å². The lowest BCUT2D eigenvalue weighted by molar-refractivity contribution is 0.321. The number of nitrogens with one attached hydrogen (secondary N) is 2. The molecule has 0 heterocycles. The van der Waals surface area contributed by atoms with Crippen molar-refractivity contribution in [3.05, 3.63) is 65.0 Å². The maximum absolute atomic E-state index is 3.86. The molecule has 2 N–H and O–H groups in total. The molecule has 136 valence electrons. The first kappa shape index (κ1) is 19.4. The molecule has 2 nitrogen and oxygen atoms in total. The third-order valence-electron chi connectivity index (χ3n) is 5.33. The zero-order valence-corrected chi connectivity index (χ0v) is 16.6. The Morgan fingerprint density at radius 1 is 1.08 bits per heavy atom. The third kappa shape index (κ3) is 5.81. The van der Waals surface area contributed by atoms with Crippen LogP contribution in [0, 0.1) is 26.7 Å². The highest BCUT2D eigenvalue weighted by Crippen LogP contribution is 2.24. The Balaban J connectivity index is 2.07. The predicted molar refractivity (Wildman–Crippen MR) is 111 cm³/mol. The van der Waals surface area contributed by atoms with Crippen LogP contribution in [0.1, 0.15) is 56.2 Å². The largest absolute Gasteiger partial charge is 0.386 e. The first-order valence-corrected chi connectivity index (χ1v) is 9.51. The Morgan fingerprint density at radius 2 is 1.68 bits per heavy atom. The summed E-state index contributed by atoms with van der Waals surface area (Å²) < 4.78 is 0. The predicted octanol–water partition coefficient (Wildman–Crippen LogP) is 6.17. The molecule has 0 aromatic heterocycles. The van der Waals surface area contributed by atoms with E-state index in [0.717, 1.165) is 17.3 Å². The molecule has 0 atom stereocenters. The summed E-state index contributed by atoms with van der Waals surface area (Å²) in [5.41, 5.74) is 7.39. The molecule has 1 aromatic carbocycles. The smallest absolute Gasteiger partial charge is 0.0401 e. The summed E-state index contributed by atoms with van der Waals surface area (Å²) in [7, 11) is 0. The lowest BCUT2D eigenvalue weighted by Gasteiger charge is -2.28. The minimum atomic E-state index is 0.612. The van der Waals surface area contributed by atoms with Crippen LogP contribution in [0.25, 0.3) is 0 Å². The quantitative estimate of drug-likeness (QED) is 0.606. The van der Waals surface area contributed by atoms with Gasteiger partial charge in [-0.05, 0) is 100 Å². The fourth-order valence-corrected chi connectivity index (χ4v) is 3.53. The van der Waals surface area contributed by atoms with Crippen LogP contribution in [-0.2, 0) is 0 Å². The van der Waals surface area contributed by atoms with Gasteiger partial charge < -0.3 is 10.6 Å². The first-order valence-electron chi connectivity index (χ1n) is 9.51. The van der Waals surface area contributed by atoms with E-state index in [1.54, 1.807) is 0 Å². The van der Waals surface area contributed by atoms with Gasteiger partial charge >= 0.3 is 0 Å². The number of aryl methyl sites for hydroxylation is 2. The van der Waals surface area contributed by atoms with Gasteiger partial charge in [0.15, 0.2) is 0 Å². The second kappa shape index (κ2) is 8.94. The van der Waals surface area contributed by atoms with E-state index < -0.39 is 0 Å². The summed E-state index contributed by atoms with van der Waals surface area (Å²) >= 11 is 0. The van der Waals surface area contributed by atoms with Crippen LogP contribution in [0.2, 0.25) is 0 Å². The average Bonchev–Trinajstić information content (AvgIpc) is 2.55. The van der Waals surface area contributed by atoms with Crippen molar-refractivity contribution < 1.29 is 0 Å². The molecule has 25 heavy (non-hydrogen) atoms. The van der Waals surface area contributed by atoms with Crippen LogP contribution in [0.3, 0.4) is 0 Å². The Hall–Kier alpha value is -1.96. The molecular formula is C23H34N2. The molecule has 0 amide bonds. The van der Waals surface area contributed by atoms with Crippen LogP contribution in [0.4, 0.5) is 5.69 Å². The Morgan fingerprint density at radius 3 is 2.24 bits per heavy atom. The van der Waals surface area contributed by atoms with Gasteiger partial charge in [0.1, 0.15) is 0 Å². The second-order valence-electron chi connectivity index (χ2n) is 7.65. The van der Waals surface area contributed by atoms with Gasteiger partial charge in [0.25, 0.3) is 0 Å². The van der Waals surface area contributed by atoms with Gasteiger partial charge in [-0.3, -0.25) is 0 Å². The summed E-state index contributed by atoms with van der Waals surface area (Å²) in [5, 5.41) is 7.23. The van der Waals surface area contributed by atoms with Crippen molar-refractivity contribution in [2.75, 3.05) is 5.32 Å². The number of anilines is 1. The van der Waals surface area contributed by atoms with Crippen LogP contribution in [-0.4, -0.2) is 6.04 Å². The molecule has 1 aliphatic carbocycles. The monoisotopic (exact) mass is 338 g/mol. The molecule has 0 unspecified atom stereocenters. The standard InChI is InChI=1S/C23H34N2/c1-7-8-22(25-23-13-17(3)20(6)18(4)14-23)15-19(5)24-21-11-9-16(2)10-12-21/h7-8,13-16,21,24-25H,1,9-12H2,2-6H3/b19-15+,22-8+. The molecular weight excluding hydrogens is 304 g/mol. The van der Waals surface area contributed by atoms with Gasteiger partial charge in [-0.25, -0.2) is 0 Å². The van der Waals surface area contributed by atoms with Gasteiger partial charge in [0.05, 0.1) is 0 Å². The number of benzene rings is 1. The molecule has 1 aromatic rings. The van der Waals surface area contributed by atoms with E-state index in [4.69, 9.17) is 0 Å². The normalized spacial score (nSPS) is 21.8. The van der Waals surface area contributed by atoms with E-state index in [9.17, 15) is 0 Å². The van der Waals surface area contributed by atoms with Gasteiger partial charge in [0.2, 0.25) is 0 Å². The summed E-state index contributed by atoms with van der Waals surface area (Å²) in [4.78, 5) is 0. The van der Waals surface area contributed by atoms with Crippen molar-refractivity contribution in [2.45, 2.75) is 66.3 Å². The summed E-state index contributed by atoms with van der Waals surface area (Å²) in [5.74, 6) is 0.883. The summed E-state index contributed by atoms with van der Waals surface area (Å²) in [6, 6.07) is 5.03. The molecule has 2 heteroatoms. The average molecular weight is 339 g/mol. The maximum atomic E-state index is 3.86. The number of rotatable bonds is 6. The summed E-state index contributed by atoms with van der Waals surface area (Å²) in [6.45, 7) is 14.9. The van der Waals surface area contributed by atoms with Crippen molar-refractivity contribution in [3.8, 4) is 0 Å². The van der Waals surface area contributed by atoms with E-state index in [1.165, 1.54) is 48.1 Å². The molecule has 1 aliphatic rings. The Bertz CT molecular complexity index is 636. The lowest BCUT2D eigenvalue weighted by Crippen LogP contribution is -2.31. The number of hydrogen-bond donors (Lipinski definition) is 2. The Labute approximate surface area is 154 Å². The van der Waals surface area contributed by atoms with Crippen molar-refractivity contribution in [3.63, 3.8) is 0 Å². The minimum Gasteiger partial charge on any atom is -0.386 e. The molecule has 1 fully saturated rings. The molecule has 1 saturated carbocycles. The molecule has 0 bridgehead atoms. The Kier molecular flexibility index (Phi) is 6.92. The molecule has 0 radical (unpaired) electrons.